The molecule has 1 amide bonds. The molecule has 0 radical (unpaired) electrons. The molecule has 3 rings (SSSR count). The zero-order valence-electron chi connectivity index (χ0n) is 25.2. The molecular weight excluding hydrogens is 512 g/mol. The van der Waals surface area contributed by atoms with Crippen molar-refractivity contribution in [1.29, 1.82) is 0 Å². The van der Waals surface area contributed by atoms with Gasteiger partial charge in [-0.25, -0.2) is 0 Å². The summed E-state index contributed by atoms with van der Waals surface area (Å²) in [6.45, 7) is 9.23. The number of nitrogens with zero attached hydrogens (tertiary/aromatic N) is 1. The van der Waals surface area contributed by atoms with E-state index >= 15 is 0 Å². The summed E-state index contributed by atoms with van der Waals surface area (Å²) in [7, 11) is 1.71. The number of anilines is 1. The van der Waals surface area contributed by atoms with E-state index in [0.29, 0.717) is 23.6 Å². The molecule has 1 aromatic heterocycles. The lowest BCUT2D eigenvalue weighted by molar-refractivity contribution is -0.111. The molecule has 6 heteroatoms. The Bertz CT molecular complexity index is 1440. The number of amides is 1. The molecule has 0 atom stereocenters. The summed E-state index contributed by atoms with van der Waals surface area (Å²) in [5.74, 6) is 0.417. The summed E-state index contributed by atoms with van der Waals surface area (Å²) >= 11 is 0. The first-order chi connectivity index (χ1) is 19.8. The molecule has 0 saturated carbocycles. The van der Waals surface area contributed by atoms with Gasteiger partial charge in [-0.15, -0.1) is 0 Å². The molecule has 0 saturated heterocycles. The molecule has 2 aromatic carbocycles. The summed E-state index contributed by atoms with van der Waals surface area (Å²) in [6, 6.07) is 15.1. The van der Waals surface area contributed by atoms with Crippen LogP contribution in [-0.2, 0) is 11.8 Å². The number of pyridine rings is 1. The number of nitrogens with one attached hydrogen (secondary N) is 1. The predicted molar refractivity (Wildman–Crippen MR) is 171 cm³/mol. The lowest BCUT2D eigenvalue weighted by atomic mass is 10.1. The molecule has 0 aliphatic heterocycles. The standard InChI is InChI=1S/C35H44N2O4/c1-6-7-8-12-23-40-33-30-20-19-29(36-32(38)21-18-28-16-10-9-11-17-28)25-31(30)37(5)35(39)34(33)41-24-22-27(4)15-13-14-26(2)3/h9-11,14,16-22,25H,6-8,12-13,15,23-24H2,1-5H3,(H,36,38)/b21-18+,27-22+. The number of hydrogen-bond acceptors (Lipinski definition) is 4. The molecule has 0 bridgehead atoms. The lowest BCUT2D eigenvalue weighted by Crippen LogP contribution is -2.21. The number of ether oxygens (including phenoxy) is 2. The van der Waals surface area contributed by atoms with Crippen molar-refractivity contribution in [3.63, 3.8) is 0 Å². The number of rotatable bonds is 15. The number of benzene rings is 2. The molecule has 1 heterocycles. The minimum absolute atomic E-state index is 0.214. The molecule has 0 unspecified atom stereocenters. The molecule has 218 valence electrons. The molecular formula is C35H44N2O4. The smallest absolute Gasteiger partial charge is 0.297 e. The Balaban J connectivity index is 1.86. The van der Waals surface area contributed by atoms with Gasteiger partial charge >= 0.3 is 0 Å². The van der Waals surface area contributed by atoms with Crippen molar-refractivity contribution < 1.29 is 14.3 Å². The molecule has 0 aliphatic rings. The van der Waals surface area contributed by atoms with Gasteiger partial charge in [-0.1, -0.05) is 73.7 Å². The normalized spacial score (nSPS) is 11.6. The molecule has 6 nitrogen and oxygen atoms in total. The van der Waals surface area contributed by atoms with Gasteiger partial charge in [0.05, 0.1) is 12.1 Å². The van der Waals surface area contributed by atoms with Crippen molar-refractivity contribution >= 4 is 28.6 Å². The van der Waals surface area contributed by atoms with E-state index in [4.69, 9.17) is 9.47 Å². The monoisotopic (exact) mass is 556 g/mol. The summed E-state index contributed by atoms with van der Waals surface area (Å²) in [4.78, 5) is 26.1. The maximum Gasteiger partial charge on any atom is 0.297 e. The van der Waals surface area contributed by atoms with E-state index in [1.807, 2.05) is 48.5 Å². The Kier molecular flexibility index (Phi) is 12.5. The topological polar surface area (TPSA) is 69.6 Å². The van der Waals surface area contributed by atoms with Crippen LogP contribution in [0.5, 0.6) is 11.5 Å². The van der Waals surface area contributed by atoms with Crippen molar-refractivity contribution in [3.05, 3.63) is 93.8 Å². The van der Waals surface area contributed by atoms with Crippen LogP contribution in [0.15, 0.2) is 82.7 Å². The molecule has 0 fully saturated rings. The average molecular weight is 557 g/mol. The largest absolute Gasteiger partial charge is 0.489 e. The van der Waals surface area contributed by atoms with Gasteiger partial charge in [-0.05, 0) is 75.9 Å². The Morgan fingerprint density at radius 1 is 0.951 bits per heavy atom. The van der Waals surface area contributed by atoms with Crippen LogP contribution >= 0.6 is 0 Å². The predicted octanol–water partition coefficient (Wildman–Crippen LogP) is 8.22. The molecule has 3 aromatic rings. The number of aryl methyl sites for hydroxylation is 1. The second-order valence-corrected chi connectivity index (χ2v) is 10.6. The number of carbonyl (C=O) groups is 1. The SMILES string of the molecule is CCCCCCOc1c(OC/C=C(\C)CCC=C(C)C)c(=O)n(C)c2cc(NC(=O)/C=C/c3ccccc3)ccc12. The maximum absolute atomic E-state index is 13.5. The number of unbranched alkanes of at least 4 members (excludes halogenated alkanes) is 3. The van der Waals surface area contributed by atoms with E-state index in [2.05, 4.69) is 39.1 Å². The Hall–Kier alpha value is -4.06. The minimum Gasteiger partial charge on any atom is -0.489 e. The Morgan fingerprint density at radius 3 is 2.46 bits per heavy atom. The maximum atomic E-state index is 13.5. The molecule has 41 heavy (non-hydrogen) atoms. The first kappa shape index (κ1) is 31.5. The first-order valence-corrected chi connectivity index (χ1v) is 14.6. The third-order valence-electron chi connectivity index (χ3n) is 6.80. The number of aromatic nitrogens is 1. The van der Waals surface area contributed by atoms with Gasteiger partial charge in [0.25, 0.3) is 5.56 Å². The van der Waals surface area contributed by atoms with Gasteiger partial charge in [0, 0.05) is 24.2 Å². The van der Waals surface area contributed by atoms with Crippen LogP contribution in [0.25, 0.3) is 17.0 Å². The van der Waals surface area contributed by atoms with E-state index in [1.54, 1.807) is 23.8 Å². The van der Waals surface area contributed by atoms with E-state index in [1.165, 1.54) is 17.2 Å². The van der Waals surface area contributed by atoms with Crippen molar-refractivity contribution in [2.24, 2.45) is 7.05 Å². The van der Waals surface area contributed by atoms with E-state index in [0.717, 1.165) is 49.5 Å². The van der Waals surface area contributed by atoms with Crippen molar-refractivity contribution in [1.82, 2.24) is 4.57 Å². The van der Waals surface area contributed by atoms with E-state index in [9.17, 15) is 9.59 Å². The van der Waals surface area contributed by atoms with Crippen LogP contribution in [0.1, 0.15) is 71.8 Å². The van der Waals surface area contributed by atoms with Crippen molar-refractivity contribution in [3.8, 4) is 11.5 Å². The highest BCUT2D eigenvalue weighted by Crippen LogP contribution is 2.34. The quantitative estimate of drug-likeness (QED) is 0.116. The number of carbonyl (C=O) groups excluding carboxylic acids is 1. The summed E-state index contributed by atoms with van der Waals surface area (Å²) in [6.07, 6.45) is 13.7. The van der Waals surface area contributed by atoms with Crippen LogP contribution in [0.4, 0.5) is 5.69 Å². The zero-order valence-corrected chi connectivity index (χ0v) is 25.2. The van der Waals surface area contributed by atoms with E-state index < -0.39 is 0 Å². The van der Waals surface area contributed by atoms with Crippen LogP contribution in [-0.4, -0.2) is 23.7 Å². The number of hydrogen-bond donors (Lipinski definition) is 1. The number of fused-ring (bicyclic) bond motifs is 1. The fraction of sp³-hybridized carbons (Fsp3) is 0.371. The molecule has 1 N–H and O–H groups in total. The van der Waals surface area contributed by atoms with E-state index in [-0.39, 0.29) is 23.8 Å². The van der Waals surface area contributed by atoms with Gasteiger partial charge in [0.15, 0.2) is 5.75 Å². The second-order valence-electron chi connectivity index (χ2n) is 10.6. The highest BCUT2D eigenvalue weighted by molar-refractivity contribution is 6.03. The lowest BCUT2D eigenvalue weighted by Gasteiger charge is -2.17. The van der Waals surface area contributed by atoms with Crippen LogP contribution in [0, 0.1) is 0 Å². The molecule has 0 aliphatic carbocycles. The summed E-state index contributed by atoms with van der Waals surface area (Å²) < 4.78 is 13.8. The minimum atomic E-state index is -0.274. The van der Waals surface area contributed by atoms with Crippen LogP contribution < -0.4 is 20.3 Å². The van der Waals surface area contributed by atoms with Crippen LogP contribution in [0.3, 0.4) is 0 Å². The zero-order chi connectivity index (χ0) is 29.6. The van der Waals surface area contributed by atoms with Gasteiger partial charge in [-0.3, -0.25) is 9.59 Å². The highest BCUT2D eigenvalue weighted by atomic mass is 16.5. The van der Waals surface area contributed by atoms with Gasteiger partial charge in [-0.2, -0.15) is 0 Å². The summed E-state index contributed by atoms with van der Waals surface area (Å²) in [5.41, 5.74) is 4.43. The first-order valence-electron chi connectivity index (χ1n) is 14.6. The average Bonchev–Trinajstić information content (AvgIpc) is 2.96. The molecule has 0 spiro atoms. The fourth-order valence-corrected chi connectivity index (χ4v) is 4.41. The van der Waals surface area contributed by atoms with Crippen molar-refractivity contribution in [2.45, 2.75) is 66.2 Å². The second kappa shape index (κ2) is 16.3. The Morgan fingerprint density at radius 2 is 1.73 bits per heavy atom. The number of allylic oxidation sites excluding steroid dienone is 3. The van der Waals surface area contributed by atoms with Crippen molar-refractivity contribution in [2.75, 3.05) is 18.5 Å². The summed E-state index contributed by atoms with van der Waals surface area (Å²) in [5, 5.41) is 3.66. The third-order valence-corrected chi connectivity index (χ3v) is 6.80. The van der Waals surface area contributed by atoms with Gasteiger partial charge < -0.3 is 19.4 Å². The van der Waals surface area contributed by atoms with Gasteiger partial charge in [0.1, 0.15) is 6.61 Å². The fourth-order valence-electron chi connectivity index (χ4n) is 4.41. The third kappa shape index (κ3) is 9.82. The van der Waals surface area contributed by atoms with Crippen LogP contribution in [0.2, 0.25) is 0 Å². The Labute approximate surface area is 244 Å². The highest BCUT2D eigenvalue weighted by Gasteiger charge is 2.19. The van der Waals surface area contributed by atoms with Gasteiger partial charge in [0.2, 0.25) is 11.7 Å².